The third-order valence-electron chi connectivity index (χ3n) is 3.47. The van der Waals surface area contributed by atoms with E-state index in [2.05, 4.69) is 5.10 Å². The Labute approximate surface area is 138 Å². The SMILES string of the molecule is CC1=NN(c2ccc(Cl)cc2Cl)C(c2ccc(Cl)cc2)C1. The molecule has 1 unspecified atom stereocenters. The van der Waals surface area contributed by atoms with Crippen LogP contribution in [-0.4, -0.2) is 5.71 Å². The van der Waals surface area contributed by atoms with Crippen molar-refractivity contribution in [3.8, 4) is 0 Å². The predicted molar refractivity (Wildman–Crippen MR) is 90.9 cm³/mol. The van der Waals surface area contributed by atoms with Crippen molar-refractivity contribution in [3.63, 3.8) is 0 Å². The highest BCUT2D eigenvalue weighted by atomic mass is 35.5. The van der Waals surface area contributed by atoms with Gasteiger partial charge in [-0.25, -0.2) is 0 Å². The summed E-state index contributed by atoms with van der Waals surface area (Å²) < 4.78 is 0. The van der Waals surface area contributed by atoms with E-state index in [1.807, 2.05) is 48.3 Å². The van der Waals surface area contributed by atoms with Crippen LogP contribution in [0.3, 0.4) is 0 Å². The first-order valence-electron chi connectivity index (χ1n) is 6.58. The lowest BCUT2D eigenvalue weighted by Crippen LogP contribution is -2.18. The maximum atomic E-state index is 6.32. The molecule has 3 rings (SSSR count). The van der Waals surface area contributed by atoms with Crippen LogP contribution in [0.15, 0.2) is 47.6 Å². The summed E-state index contributed by atoms with van der Waals surface area (Å²) in [6.45, 7) is 2.02. The van der Waals surface area contributed by atoms with Gasteiger partial charge in [-0.3, -0.25) is 5.01 Å². The Morgan fingerprint density at radius 3 is 2.33 bits per heavy atom. The summed E-state index contributed by atoms with van der Waals surface area (Å²) >= 11 is 18.3. The van der Waals surface area contributed by atoms with Gasteiger partial charge in [0.2, 0.25) is 0 Å². The number of hydrogen-bond acceptors (Lipinski definition) is 2. The maximum Gasteiger partial charge on any atom is 0.0828 e. The Morgan fingerprint density at radius 1 is 1.00 bits per heavy atom. The van der Waals surface area contributed by atoms with Gasteiger partial charge in [0.05, 0.1) is 16.8 Å². The van der Waals surface area contributed by atoms with Gasteiger partial charge in [0.1, 0.15) is 0 Å². The number of halogens is 3. The van der Waals surface area contributed by atoms with E-state index in [-0.39, 0.29) is 6.04 Å². The molecule has 1 atom stereocenters. The quantitative estimate of drug-likeness (QED) is 0.657. The van der Waals surface area contributed by atoms with Gasteiger partial charge in [-0.15, -0.1) is 0 Å². The van der Waals surface area contributed by atoms with Gasteiger partial charge in [0.25, 0.3) is 0 Å². The summed E-state index contributed by atoms with van der Waals surface area (Å²) in [6, 6.07) is 13.4. The zero-order chi connectivity index (χ0) is 15.0. The highest BCUT2D eigenvalue weighted by Gasteiger charge is 2.28. The van der Waals surface area contributed by atoms with Crippen molar-refractivity contribution >= 4 is 46.2 Å². The van der Waals surface area contributed by atoms with Gasteiger partial charge in [0.15, 0.2) is 0 Å². The van der Waals surface area contributed by atoms with Gasteiger partial charge in [0, 0.05) is 22.2 Å². The summed E-state index contributed by atoms with van der Waals surface area (Å²) in [6.07, 6.45) is 0.862. The minimum Gasteiger partial charge on any atom is -0.256 e. The number of hydrazone groups is 1. The van der Waals surface area contributed by atoms with Crippen LogP contribution in [0.2, 0.25) is 15.1 Å². The minimum atomic E-state index is 0.126. The molecule has 108 valence electrons. The summed E-state index contributed by atoms with van der Waals surface area (Å²) in [7, 11) is 0. The van der Waals surface area contributed by atoms with E-state index < -0.39 is 0 Å². The third kappa shape index (κ3) is 3.03. The molecule has 0 saturated carbocycles. The molecule has 0 amide bonds. The molecule has 1 heterocycles. The van der Waals surface area contributed by atoms with Crippen molar-refractivity contribution in [1.82, 2.24) is 0 Å². The molecule has 0 fully saturated rings. The van der Waals surface area contributed by atoms with Crippen LogP contribution in [0.5, 0.6) is 0 Å². The standard InChI is InChI=1S/C16H13Cl3N2/c1-10-8-16(11-2-4-12(17)5-3-11)21(20-10)15-7-6-13(18)9-14(15)19/h2-7,9,16H,8H2,1H3. The molecule has 1 aliphatic rings. The Bertz CT molecular complexity index is 695. The lowest BCUT2D eigenvalue weighted by Gasteiger charge is -2.25. The summed E-state index contributed by atoms with van der Waals surface area (Å²) in [5, 5.41) is 8.52. The smallest absolute Gasteiger partial charge is 0.0828 e. The molecule has 0 saturated heterocycles. The largest absolute Gasteiger partial charge is 0.256 e. The van der Waals surface area contributed by atoms with E-state index in [1.165, 1.54) is 0 Å². The third-order valence-corrected chi connectivity index (χ3v) is 4.26. The summed E-state index contributed by atoms with van der Waals surface area (Å²) in [5.74, 6) is 0. The zero-order valence-corrected chi connectivity index (χ0v) is 13.6. The Balaban J connectivity index is 2.00. The van der Waals surface area contributed by atoms with Crippen LogP contribution >= 0.6 is 34.8 Å². The van der Waals surface area contributed by atoms with Crippen molar-refractivity contribution in [2.75, 3.05) is 5.01 Å². The molecule has 2 aromatic rings. The van der Waals surface area contributed by atoms with Crippen molar-refractivity contribution in [2.24, 2.45) is 5.10 Å². The molecule has 2 nitrogen and oxygen atoms in total. The van der Waals surface area contributed by atoms with Crippen molar-refractivity contribution in [2.45, 2.75) is 19.4 Å². The van der Waals surface area contributed by atoms with Crippen LogP contribution in [0.25, 0.3) is 0 Å². The Morgan fingerprint density at radius 2 is 1.67 bits per heavy atom. The van der Waals surface area contributed by atoms with Crippen LogP contribution < -0.4 is 5.01 Å². The van der Waals surface area contributed by atoms with E-state index in [4.69, 9.17) is 34.8 Å². The van der Waals surface area contributed by atoms with Gasteiger partial charge < -0.3 is 0 Å². The number of rotatable bonds is 2. The first kappa shape index (κ1) is 14.7. The maximum absolute atomic E-state index is 6.32. The van der Waals surface area contributed by atoms with E-state index in [1.54, 1.807) is 6.07 Å². The lowest BCUT2D eigenvalue weighted by molar-refractivity contribution is 0.709. The number of nitrogens with zero attached hydrogens (tertiary/aromatic N) is 2. The van der Waals surface area contributed by atoms with Crippen molar-refractivity contribution in [1.29, 1.82) is 0 Å². The molecule has 0 aromatic heterocycles. The van der Waals surface area contributed by atoms with Crippen LogP contribution in [0.1, 0.15) is 24.9 Å². The summed E-state index contributed by atoms with van der Waals surface area (Å²) in [4.78, 5) is 0. The summed E-state index contributed by atoms with van der Waals surface area (Å²) in [5.41, 5.74) is 3.09. The normalized spacial score (nSPS) is 18.0. The van der Waals surface area contributed by atoms with E-state index >= 15 is 0 Å². The molecular formula is C16H13Cl3N2. The number of anilines is 1. The van der Waals surface area contributed by atoms with Crippen molar-refractivity contribution < 1.29 is 0 Å². The average molecular weight is 340 g/mol. The molecule has 0 spiro atoms. The molecule has 21 heavy (non-hydrogen) atoms. The fraction of sp³-hybridized carbons (Fsp3) is 0.188. The number of hydrogen-bond donors (Lipinski definition) is 0. The molecule has 0 aliphatic carbocycles. The monoisotopic (exact) mass is 338 g/mol. The molecule has 0 N–H and O–H groups in total. The van der Waals surface area contributed by atoms with Crippen LogP contribution in [0, 0.1) is 0 Å². The second-order valence-corrected chi connectivity index (χ2v) is 6.33. The molecule has 0 radical (unpaired) electrons. The van der Waals surface area contributed by atoms with E-state index in [0.717, 1.165) is 28.4 Å². The fourth-order valence-electron chi connectivity index (χ4n) is 2.49. The highest BCUT2D eigenvalue weighted by Crippen LogP contribution is 2.39. The fourth-order valence-corrected chi connectivity index (χ4v) is 3.11. The predicted octanol–water partition coefficient (Wildman–Crippen LogP) is 5.97. The Hall–Kier alpha value is -1.22. The van der Waals surface area contributed by atoms with E-state index in [9.17, 15) is 0 Å². The number of benzene rings is 2. The second kappa shape index (κ2) is 5.88. The first-order chi connectivity index (χ1) is 10.0. The van der Waals surface area contributed by atoms with Gasteiger partial charge >= 0.3 is 0 Å². The molecule has 5 heteroatoms. The van der Waals surface area contributed by atoms with Crippen LogP contribution in [-0.2, 0) is 0 Å². The van der Waals surface area contributed by atoms with Crippen LogP contribution in [0.4, 0.5) is 5.69 Å². The lowest BCUT2D eigenvalue weighted by atomic mass is 10.0. The average Bonchev–Trinajstić information content (AvgIpc) is 2.81. The van der Waals surface area contributed by atoms with Gasteiger partial charge in [-0.05, 0) is 42.8 Å². The molecule has 1 aliphatic heterocycles. The molecular weight excluding hydrogens is 327 g/mol. The minimum absolute atomic E-state index is 0.126. The zero-order valence-electron chi connectivity index (χ0n) is 11.4. The molecule has 0 bridgehead atoms. The Kier molecular flexibility index (Phi) is 4.12. The van der Waals surface area contributed by atoms with Crippen molar-refractivity contribution in [3.05, 3.63) is 63.1 Å². The highest BCUT2D eigenvalue weighted by molar-refractivity contribution is 6.36. The topological polar surface area (TPSA) is 15.6 Å². The van der Waals surface area contributed by atoms with Gasteiger partial charge in [-0.1, -0.05) is 46.9 Å². The second-order valence-electron chi connectivity index (χ2n) is 5.05. The van der Waals surface area contributed by atoms with E-state index in [0.29, 0.717) is 10.0 Å². The molecule has 2 aromatic carbocycles. The first-order valence-corrected chi connectivity index (χ1v) is 7.72. The van der Waals surface area contributed by atoms with Gasteiger partial charge in [-0.2, -0.15) is 5.10 Å².